The standard InChI is InChI=1S/C25H33ClN4O6S/c1-8-34-21(31)19-20(15(3)13-27-19)30(22(37)28-23(32)35-9-2)14-16-10-11-17(26)18(12-16)29(7)24(33)36-25(4,5)6/h10-13,27H,8-9,14H2,1-7H3,(H,28,32,37). The number of nitrogens with one attached hydrogen (secondary N) is 2. The van der Waals surface area contributed by atoms with Gasteiger partial charge in [-0.1, -0.05) is 17.7 Å². The fraction of sp³-hybridized carbons (Fsp3) is 0.440. The first kappa shape index (κ1) is 29.9. The van der Waals surface area contributed by atoms with Crippen LogP contribution in [0.4, 0.5) is 21.0 Å². The number of rotatable bonds is 7. The van der Waals surface area contributed by atoms with Gasteiger partial charge in [0.2, 0.25) is 0 Å². The van der Waals surface area contributed by atoms with Gasteiger partial charge in [-0.3, -0.25) is 10.2 Å². The van der Waals surface area contributed by atoms with Crippen molar-refractivity contribution in [2.45, 2.75) is 53.7 Å². The topological polar surface area (TPSA) is 113 Å². The Balaban J connectivity index is 2.50. The number of aryl methyl sites for hydroxylation is 1. The number of aromatic nitrogens is 1. The van der Waals surface area contributed by atoms with Crippen LogP contribution in [0, 0.1) is 6.92 Å². The number of esters is 1. The van der Waals surface area contributed by atoms with E-state index in [4.69, 9.17) is 38.0 Å². The van der Waals surface area contributed by atoms with Gasteiger partial charge < -0.3 is 24.1 Å². The summed E-state index contributed by atoms with van der Waals surface area (Å²) in [7, 11) is 1.55. The van der Waals surface area contributed by atoms with Crippen molar-refractivity contribution in [3.8, 4) is 0 Å². The number of alkyl carbamates (subject to hydrolysis) is 1. The maximum Gasteiger partial charge on any atom is 0.414 e. The Hall–Kier alpha value is -3.31. The smallest absolute Gasteiger partial charge is 0.414 e. The van der Waals surface area contributed by atoms with Gasteiger partial charge in [-0.05, 0) is 77.0 Å². The van der Waals surface area contributed by atoms with Crippen LogP contribution >= 0.6 is 23.8 Å². The zero-order valence-electron chi connectivity index (χ0n) is 22.1. The van der Waals surface area contributed by atoms with E-state index in [0.29, 0.717) is 27.5 Å². The highest BCUT2D eigenvalue weighted by Gasteiger charge is 2.27. The lowest BCUT2D eigenvalue weighted by molar-refractivity contribution is 0.0519. The number of carbonyl (C=O) groups is 3. The first-order chi connectivity index (χ1) is 17.3. The number of aromatic amines is 1. The first-order valence-electron chi connectivity index (χ1n) is 11.6. The number of H-pyrrole nitrogens is 1. The molecule has 0 fully saturated rings. The molecule has 2 rings (SSSR count). The predicted octanol–water partition coefficient (Wildman–Crippen LogP) is 5.56. The second kappa shape index (κ2) is 12.8. The van der Waals surface area contributed by atoms with Gasteiger partial charge in [-0.2, -0.15) is 0 Å². The molecule has 0 radical (unpaired) electrons. The van der Waals surface area contributed by atoms with Crippen molar-refractivity contribution in [2.24, 2.45) is 0 Å². The summed E-state index contributed by atoms with van der Waals surface area (Å²) in [6, 6.07) is 5.10. The van der Waals surface area contributed by atoms with Crippen molar-refractivity contribution in [1.29, 1.82) is 0 Å². The molecule has 1 aromatic carbocycles. The van der Waals surface area contributed by atoms with Crippen molar-refractivity contribution in [2.75, 3.05) is 30.1 Å². The molecule has 12 heteroatoms. The minimum Gasteiger partial charge on any atom is -0.461 e. The molecule has 0 aliphatic heterocycles. The average Bonchev–Trinajstić information content (AvgIpc) is 3.18. The Morgan fingerprint density at radius 2 is 1.78 bits per heavy atom. The van der Waals surface area contributed by atoms with Gasteiger partial charge in [0.1, 0.15) is 11.3 Å². The summed E-state index contributed by atoms with van der Waals surface area (Å²) >= 11 is 11.9. The molecule has 0 unspecified atom stereocenters. The molecule has 0 aliphatic rings. The van der Waals surface area contributed by atoms with Crippen molar-refractivity contribution in [3.63, 3.8) is 0 Å². The zero-order valence-corrected chi connectivity index (χ0v) is 23.6. The molecule has 202 valence electrons. The summed E-state index contributed by atoms with van der Waals surface area (Å²) in [5.74, 6) is -0.573. The quantitative estimate of drug-likeness (QED) is 0.261. The highest BCUT2D eigenvalue weighted by Crippen LogP contribution is 2.31. The van der Waals surface area contributed by atoms with Crippen molar-refractivity contribution in [3.05, 3.63) is 46.2 Å². The van der Waals surface area contributed by atoms with Crippen LogP contribution in [-0.4, -0.2) is 54.1 Å². The van der Waals surface area contributed by atoms with Gasteiger partial charge in [0.05, 0.1) is 36.2 Å². The third kappa shape index (κ3) is 8.09. The second-order valence-electron chi connectivity index (χ2n) is 8.98. The fourth-order valence-electron chi connectivity index (χ4n) is 3.32. The molecule has 37 heavy (non-hydrogen) atoms. The molecule has 2 aromatic rings. The maximum absolute atomic E-state index is 12.6. The Bertz CT molecular complexity index is 1160. The molecule has 0 bridgehead atoms. The number of halogens is 1. The maximum atomic E-state index is 12.6. The fourth-order valence-corrected chi connectivity index (χ4v) is 3.80. The number of ether oxygens (including phenoxy) is 3. The van der Waals surface area contributed by atoms with Gasteiger partial charge in [-0.15, -0.1) is 0 Å². The molecule has 10 nitrogen and oxygen atoms in total. The highest BCUT2D eigenvalue weighted by atomic mass is 35.5. The summed E-state index contributed by atoms with van der Waals surface area (Å²) < 4.78 is 15.6. The molecule has 0 atom stereocenters. The van der Waals surface area contributed by atoms with Crippen molar-refractivity contribution >= 4 is 58.5 Å². The predicted molar refractivity (Wildman–Crippen MR) is 147 cm³/mol. The first-order valence-corrected chi connectivity index (χ1v) is 12.4. The minimum absolute atomic E-state index is 0.00342. The van der Waals surface area contributed by atoms with Crippen LogP contribution in [0.3, 0.4) is 0 Å². The third-order valence-electron chi connectivity index (χ3n) is 4.90. The monoisotopic (exact) mass is 552 g/mol. The summed E-state index contributed by atoms with van der Waals surface area (Å²) in [5, 5.41) is 2.86. The molecule has 0 saturated heterocycles. The largest absolute Gasteiger partial charge is 0.461 e. The summed E-state index contributed by atoms with van der Waals surface area (Å²) in [6.45, 7) is 10.9. The van der Waals surface area contributed by atoms with Gasteiger partial charge in [-0.25, -0.2) is 14.4 Å². The van der Waals surface area contributed by atoms with Gasteiger partial charge in [0, 0.05) is 13.2 Å². The summed E-state index contributed by atoms with van der Waals surface area (Å²) in [4.78, 5) is 43.2. The van der Waals surface area contributed by atoms with E-state index >= 15 is 0 Å². The number of benzene rings is 1. The van der Waals surface area contributed by atoms with Crippen LogP contribution in [0.25, 0.3) is 0 Å². The van der Waals surface area contributed by atoms with Crippen LogP contribution in [-0.2, 0) is 20.8 Å². The zero-order chi connectivity index (χ0) is 27.9. The van der Waals surface area contributed by atoms with E-state index in [1.165, 1.54) is 4.90 Å². The average molecular weight is 553 g/mol. The minimum atomic E-state index is -0.732. The highest BCUT2D eigenvalue weighted by molar-refractivity contribution is 7.80. The third-order valence-corrected chi connectivity index (χ3v) is 5.54. The van der Waals surface area contributed by atoms with Gasteiger partial charge in [0.15, 0.2) is 5.11 Å². The van der Waals surface area contributed by atoms with E-state index in [2.05, 4.69) is 10.3 Å². The Morgan fingerprint density at radius 1 is 1.14 bits per heavy atom. The number of hydrogen-bond donors (Lipinski definition) is 2. The lowest BCUT2D eigenvalue weighted by Crippen LogP contribution is -2.43. The van der Waals surface area contributed by atoms with E-state index in [0.717, 1.165) is 0 Å². The molecule has 2 N–H and O–H groups in total. The van der Waals surface area contributed by atoms with Crippen LogP contribution in [0.1, 0.15) is 56.2 Å². The molecule has 0 spiro atoms. The number of thiocarbonyl (C=S) groups is 1. The molecular weight excluding hydrogens is 520 g/mol. The Morgan fingerprint density at radius 3 is 2.38 bits per heavy atom. The normalized spacial score (nSPS) is 10.9. The van der Waals surface area contributed by atoms with Crippen LogP contribution in [0.15, 0.2) is 24.4 Å². The Labute approximate surface area is 227 Å². The lowest BCUT2D eigenvalue weighted by atomic mass is 10.1. The van der Waals surface area contributed by atoms with Crippen LogP contribution in [0.2, 0.25) is 5.02 Å². The van der Waals surface area contributed by atoms with Gasteiger partial charge in [0.25, 0.3) is 0 Å². The van der Waals surface area contributed by atoms with Crippen LogP contribution < -0.4 is 15.1 Å². The molecular formula is C25H33ClN4O6S. The van der Waals surface area contributed by atoms with E-state index in [1.54, 1.807) is 77.9 Å². The molecule has 2 amide bonds. The summed E-state index contributed by atoms with van der Waals surface area (Å²) in [6.07, 6.45) is 0.337. The lowest BCUT2D eigenvalue weighted by Gasteiger charge is -2.28. The summed E-state index contributed by atoms with van der Waals surface area (Å²) in [5.41, 5.74) is 1.69. The molecule has 0 aliphatic carbocycles. The number of carbonyl (C=O) groups excluding carboxylic acids is 3. The second-order valence-corrected chi connectivity index (χ2v) is 9.77. The molecule has 0 saturated carbocycles. The van der Waals surface area contributed by atoms with E-state index in [1.807, 2.05) is 0 Å². The van der Waals surface area contributed by atoms with E-state index in [-0.39, 0.29) is 30.6 Å². The van der Waals surface area contributed by atoms with Crippen molar-refractivity contribution < 1.29 is 28.6 Å². The molecule has 1 aromatic heterocycles. The van der Waals surface area contributed by atoms with Crippen LogP contribution in [0.5, 0.6) is 0 Å². The van der Waals surface area contributed by atoms with E-state index in [9.17, 15) is 14.4 Å². The number of hydrogen-bond acceptors (Lipinski definition) is 7. The van der Waals surface area contributed by atoms with Gasteiger partial charge >= 0.3 is 18.2 Å². The Kier molecular flexibility index (Phi) is 10.3. The van der Waals surface area contributed by atoms with Crippen molar-refractivity contribution in [1.82, 2.24) is 10.3 Å². The number of amides is 2. The number of anilines is 2. The molecule has 1 heterocycles. The number of nitrogens with zero attached hydrogens (tertiary/aromatic N) is 2. The van der Waals surface area contributed by atoms with E-state index < -0.39 is 23.8 Å². The SMILES string of the molecule is CCOC(=O)NC(=S)N(Cc1ccc(Cl)c(N(C)C(=O)OC(C)(C)C)c1)c1c(C)c[nH]c1C(=O)OCC.